The van der Waals surface area contributed by atoms with Crippen LogP contribution >= 0.6 is 27.5 Å². The van der Waals surface area contributed by atoms with Crippen molar-refractivity contribution in [2.75, 3.05) is 50.3 Å². The molecule has 15 heteroatoms. The zero-order valence-electron chi connectivity index (χ0n) is 69.9. The summed E-state index contributed by atoms with van der Waals surface area (Å²) in [4.78, 5) is 54.0. The van der Waals surface area contributed by atoms with Crippen LogP contribution in [0.15, 0.2) is 121 Å². The molecule has 3 radical (unpaired) electrons. The fraction of sp³-hybridized carbons (Fsp3) is 0.453. The van der Waals surface area contributed by atoms with Crippen molar-refractivity contribution in [2.45, 2.75) is 261 Å². The second-order valence-corrected chi connectivity index (χ2v) is 33.6. The third kappa shape index (κ3) is 28.8. The van der Waals surface area contributed by atoms with Crippen LogP contribution < -0.4 is 56.1 Å². The SMILES string of the molecule is C.C.CC(C)(C)CC(=O)Cl.Cc1cc2c(c(C)c1N)CCCC(=O)C2.Cc1ccc(CBr)cc1.Cc1ccc(CN2C(=O)CCCc3c2cc(C)c(N)c3C)cc1.Cc1ccc(CN2CCCCc3c2cc(C)c(N)c3C)cc1.Cc1ccc(CN2CCCCc3c2cc(C)c(NC(=O)CC(C)(C)C)c3C)cc1.[Al].[H-].[Li+]. The average Bonchev–Trinajstić information content (AvgIpc) is 1.76. The number of anilines is 7. The van der Waals surface area contributed by atoms with E-state index in [0.29, 0.717) is 44.4 Å². The van der Waals surface area contributed by atoms with Gasteiger partial charge in [-0.3, -0.25) is 19.2 Å². The molecule has 110 heavy (non-hydrogen) atoms. The molecule has 4 aliphatic rings. The third-order valence-corrected chi connectivity index (χ3v) is 21.5. The van der Waals surface area contributed by atoms with Gasteiger partial charge in [0.1, 0.15) is 5.78 Å². The Morgan fingerprint density at radius 1 is 0.455 bits per heavy atom. The Balaban J connectivity index is 0.000000468. The van der Waals surface area contributed by atoms with E-state index in [-0.39, 0.29) is 80.4 Å². The number of nitrogens with two attached hydrogens (primary N) is 3. The number of hydrogen-bond donors (Lipinski definition) is 4. The molecular weight excluding hydrogens is 1450 g/mol. The second kappa shape index (κ2) is 45.0. The monoisotopic (exact) mass is 1580 g/mol. The van der Waals surface area contributed by atoms with Gasteiger partial charge in [-0.15, -0.1) is 0 Å². The van der Waals surface area contributed by atoms with Gasteiger partial charge in [0.2, 0.25) is 17.1 Å². The number of halogens is 2. The van der Waals surface area contributed by atoms with Gasteiger partial charge in [0.25, 0.3) is 0 Å². The van der Waals surface area contributed by atoms with Crippen LogP contribution in [0.25, 0.3) is 0 Å². The number of Topliss-reactive ketones (excluding diaryl/α,β-unsaturated/α-hetero) is 1. The summed E-state index contributed by atoms with van der Waals surface area (Å²) in [6, 6.07) is 43.4. The van der Waals surface area contributed by atoms with Crippen LogP contribution in [0.4, 0.5) is 39.8 Å². The van der Waals surface area contributed by atoms with Gasteiger partial charge in [-0.2, -0.15) is 0 Å². The number of nitrogen functional groups attached to an aromatic ring is 3. The standard InChI is InChI=1S/C26H36N2O.C20H24N2O.C20H26N2.C13H17NO.C8H9Br.C6H11ClO.2CH4.Al.Li.H/c1-18-10-12-21(13-11-18)17-28-14-8-7-9-22-20(3)25(19(2)15-23(22)28)27-24(29)16-26(4,5)6;1-13-7-9-16(10-8-13)12-22-18-11-14(2)20(21)15(3)17(18)5-4-6-19(22)23;1-14-7-9-17(10-8-14)13-22-11-5-4-6-18-16(3)20(21)15(2)12-19(18)22;1-8-6-10-7-11(15)4-3-5-12(10)9(2)13(8)14;1-7-2-4-8(6-9)5-3-7;1-6(2,3)4-5(7)8;;;;;/h10-13,15H,7-9,14,16-17H2,1-6H3,(H,27,29);7-11H,4-6,12,21H2,1-3H3;7-10,12H,4-6,11,13,21H2,1-3H3;6H,3-5,7,14H2,1-2H3;2-5H,6H2,1H3;4H2,1-3H3;2*1H4;;;/q;;;;;;;;;+1;-1. The maximum absolute atomic E-state index is 12.7. The van der Waals surface area contributed by atoms with Crippen LogP contribution in [0, 0.1) is 93.9 Å². The number of benzene rings is 8. The van der Waals surface area contributed by atoms with Crippen LogP contribution in [-0.4, -0.2) is 53.3 Å². The number of carbonyl (C=O) groups is 4. The summed E-state index contributed by atoms with van der Waals surface area (Å²) in [5.74, 6) is 0.666. The van der Waals surface area contributed by atoms with Gasteiger partial charge in [-0.25, -0.2) is 0 Å². The number of rotatable bonds is 10. The van der Waals surface area contributed by atoms with Crippen molar-refractivity contribution in [3.8, 4) is 0 Å². The molecule has 589 valence electrons. The molecule has 0 bridgehead atoms. The first-order valence-corrected chi connectivity index (χ1v) is 39.9. The summed E-state index contributed by atoms with van der Waals surface area (Å²) in [5, 5.41) is 3.92. The van der Waals surface area contributed by atoms with E-state index in [1.54, 1.807) is 0 Å². The Bertz CT molecular complexity index is 4340. The van der Waals surface area contributed by atoms with E-state index in [1.807, 2.05) is 39.5 Å². The van der Waals surface area contributed by atoms with E-state index in [2.05, 4.69) is 242 Å². The normalized spacial score (nSPS) is 13.5. The number of alkyl halides is 1. The number of fused-ring (bicyclic) bond motifs is 4. The minimum absolute atomic E-state index is 0. The minimum atomic E-state index is -0.252. The molecule has 0 spiro atoms. The fourth-order valence-electron chi connectivity index (χ4n) is 14.5. The molecule has 11 nitrogen and oxygen atoms in total. The molecule has 8 aromatic carbocycles. The second-order valence-electron chi connectivity index (χ2n) is 32.6. The number of hydrogen-bond acceptors (Lipinski definition) is 9. The summed E-state index contributed by atoms with van der Waals surface area (Å²) < 4.78 is 0. The zero-order chi connectivity index (χ0) is 77.9. The van der Waals surface area contributed by atoms with E-state index < -0.39 is 0 Å². The van der Waals surface area contributed by atoms with Crippen LogP contribution in [0.3, 0.4) is 0 Å². The van der Waals surface area contributed by atoms with Crippen molar-refractivity contribution >= 4 is 108 Å². The summed E-state index contributed by atoms with van der Waals surface area (Å²) in [7, 11) is 0. The maximum atomic E-state index is 12.7. The molecule has 0 aromatic heterocycles. The van der Waals surface area contributed by atoms with E-state index in [4.69, 9.17) is 28.8 Å². The molecule has 0 saturated heterocycles. The molecule has 0 atom stereocenters. The Hall–Kier alpha value is -7.06. The molecule has 0 fully saturated rings. The van der Waals surface area contributed by atoms with Crippen molar-refractivity contribution < 1.29 is 39.5 Å². The Morgan fingerprint density at radius 3 is 1.23 bits per heavy atom. The smallest absolute Gasteiger partial charge is 1.00 e. The van der Waals surface area contributed by atoms with Crippen molar-refractivity contribution in [3.63, 3.8) is 0 Å². The summed E-state index contributed by atoms with van der Waals surface area (Å²) >= 11 is 8.51. The predicted octanol–water partition coefficient (Wildman–Crippen LogP) is 20.3. The summed E-state index contributed by atoms with van der Waals surface area (Å²) in [6.07, 6.45) is 13.8. The Kier molecular flexibility index (Phi) is 39.7. The summed E-state index contributed by atoms with van der Waals surface area (Å²) in [5.41, 5.74) is 52.3. The van der Waals surface area contributed by atoms with Gasteiger partial charge in [-0.05, 0) is 283 Å². The van der Waals surface area contributed by atoms with Crippen LogP contribution in [0.1, 0.15) is 239 Å². The van der Waals surface area contributed by atoms with Crippen LogP contribution in [0.5, 0.6) is 0 Å². The first kappa shape index (κ1) is 97.1. The fourth-order valence-corrected chi connectivity index (χ4v) is 15.3. The predicted molar refractivity (Wildman–Crippen MR) is 476 cm³/mol. The number of aryl methyl sites for hydroxylation is 8. The van der Waals surface area contributed by atoms with Crippen molar-refractivity contribution in [1.29, 1.82) is 0 Å². The van der Waals surface area contributed by atoms with Crippen LogP contribution in [0.2, 0.25) is 0 Å². The molecule has 0 unspecified atom stereocenters. The minimum Gasteiger partial charge on any atom is -1.00 e. The Morgan fingerprint density at radius 2 is 0.809 bits per heavy atom. The molecular formula is C95H132AlBrClLiN7O4. The topological polar surface area (TPSA) is 168 Å². The zero-order valence-corrected chi connectivity index (χ0v) is 72.4. The largest absolute Gasteiger partial charge is 1.00 e. The van der Waals surface area contributed by atoms with Gasteiger partial charge in [0, 0.05) is 121 Å². The van der Waals surface area contributed by atoms with Crippen molar-refractivity contribution in [2.24, 2.45) is 10.8 Å². The van der Waals surface area contributed by atoms with Crippen molar-refractivity contribution in [3.05, 3.63) is 238 Å². The van der Waals surface area contributed by atoms with Gasteiger partial charge in [0.15, 0.2) is 0 Å². The van der Waals surface area contributed by atoms with E-state index in [1.165, 1.54) is 126 Å². The molecule has 1 aliphatic carbocycles. The first-order chi connectivity index (χ1) is 50.0. The molecule has 2 amide bonds. The number of nitrogens with one attached hydrogen (secondary N) is 1. The van der Waals surface area contributed by atoms with E-state index >= 15 is 0 Å². The maximum Gasteiger partial charge on any atom is 1.00 e. The molecule has 0 saturated carbocycles. The number of ketones is 1. The Labute approximate surface area is 701 Å². The number of nitrogens with zero attached hydrogens (tertiary/aromatic N) is 3. The first-order valence-electron chi connectivity index (χ1n) is 38.4. The van der Waals surface area contributed by atoms with E-state index in [0.717, 1.165) is 126 Å². The summed E-state index contributed by atoms with van der Waals surface area (Å²) in [6.45, 7) is 42.2. The quantitative estimate of drug-likeness (QED) is 0.0342. The van der Waals surface area contributed by atoms with Gasteiger partial charge in [0.05, 0.1) is 6.54 Å². The molecule has 3 aliphatic heterocycles. The molecule has 3 heterocycles. The van der Waals surface area contributed by atoms with Gasteiger partial charge < -0.3 is 38.6 Å². The molecule has 7 N–H and O–H groups in total. The number of carbonyl (C=O) groups excluding carboxylic acids is 4. The molecule has 8 aromatic rings. The average molecular weight is 1590 g/mol. The van der Waals surface area contributed by atoms with E-state index in [9.17, 15) is 19.2 Å². The number of amides is 2. The third-order valence-electron chi connectivity index (χ3n) is 20.8. The van der Waals surface area contributed by atoms with Crippen molar-refractivity contribution in [1.82, 2.24) is 0 Å². The van der Waals surface area contributed by atoms with Gasteiger partial charge in [-0.1, -0.05) is 198 Å². The van der Waals surface area contributed by atoms with Crippen LogP contribution in [-0.2, 0) is 76.2 Å². The van der Waals surface area contributed by atoms with Gasteiger partial charge >= 0.3 is 18.9 Å². The molecule has 12 rings (SSSR count).